The smallest absolute Gasteiger partial charge is 0.244 e. The van der Waals surface area contributed by atoms with Gasteiger partial charge < -0.3 is 10.2 Å². The molecule has 3 rings (SSSR count). The summed E-state index contributed by atoms with van der Waals surface area (Å²) in [6.45, 7) is 0.766. The molecular weight excluding hydrogens is 375 g/mol. The van der Waals surface area contributed by atoms with Crippen LogP contribution in [-0.4, -0.2) is 24.5 Å². The van der Waals surface area contributed by atoms with Crippen LogP contribution in [0.25, 0.3) is 0 Å². The largest absolute Gasteiger partial charge is 0.310 e. The van der Waals surface area contributed by atoms with Gasteiger partial charge in [-0.3, -0.25) is 4.79 Å². The zero-order valence-corrected chi connectivity index (χ0v) is 13.4. The highest BCUT2D eigenvalue weighted by molar-refractivity contribution is 14.1. The van der Waals surface area contributed by atoms with Crippen LogP contribution >= 0.6 is 34.2 Å². The third-order valence-corrected chi connectivity index (χ3v) is 4.63. The molecule has 1 N–H and O–H groups in total. The van der Waals surface area contributed by atoms with Gasteiger partial charge in [0.15, 0.2) is 0 Å². The molecule has 1 aliphatic carbocycles. The molecule has 1 amide bonds. The minimum atomic E-state index is -0.0309. The van der Waals surface area contributed by atoms with Crippen LogP contribution in [0.2, 0.25) is 5.02 Å². The van der Waals surface area contributed by atoms with E-state index in [-0.39, 0.29) is 11.9 Å². The maximum absolute atomic E-state index is 12.5. The van der Waals surface area contributed by atoms with E-state index in [4.69, 9.17) is 11.6 Å². The van der Waals surface area contributed by atoms with E-state index in [1.165, 1.54) is 12.8 Å². The first kappa shape index (κ1) is 13.6. The zero-order chi connectivity index (χ0) is 13.4. The van der Waals surface area contributed by atoms with Crippen molar-refractivity contribution in [3.8, 4) is 0 Å². The van der Waals surface area contributed by atoms with Crippen molar-refractivity contribution in [2.75, 3.05) is 11.4 Å². The highest BCUT2D eigenvalue weighted by Crippen LogP contribution is 2.31. The predicted octanol–water partition coefficient (Wildman–Crippen LogP) is 3.19. The van der Waals surface area contributed by atoms with Crippen molar-refractivity contribution in [1.82, 2.24) is 5.32 Å². The van der Waals surface area contributed by atoms with E-state index in [0.717, 1.165) is 28.6 Å². The van der Waals surface area contributed by atoms with Gasteiger partial charge in [-0.25, -0.2) is 0 Å². The highest BCUT2D eigenvalue weighted by Gasteiger charge is 2.34. The minimum Gasteiger partial charge on any atom is -0.310 e. The summed E-state index contributed by atoms with van der Waals surface area (Å²) in [5, 5.41) is 4.10. The summed E-state index contributed by atoms with van der Waals surface area (Å²) in [6, 6.07) is 6.37. The summed E-state index contributed by atoms with van der Waals surface area (Å²) in [5.41, 5.74) is 0.842. The van der Waals surface area contributed by atoms with Gasteiger partial charge in [-0.1, -0.05) is 11.6 Å². The minimum absolute atomic E-state index is 0.0309. The lowest BCUT2D eigenvalue weighted by molar-refractivity contribution is -0.121. The van der Waals surface area contributed by atoms with Crippen LogP contribution in [0.5, 0.6) is 0 Å². The monoisotopic (exact) mass is 390 g/mol. The Morgan fingerprint density at radius 3 is 2.79 bits per heavy atom. The van der Waals surface area contributed by atoms with Gasteiger partial charge in [-0.05, 0) is 66.5 Å². The van der Waals surface area contributed by atoms with E-state index in [1.807, 2.05) is 23.1 Å². The van der Waals surface area contributed by atoms with Gasteiger partial charge in [0.25, 0.3) is 0 Å². The predicted molar refractivity (Wildman–Crippen MR) is 85.7 cm³/mol. The lowest BCUT2D eigenvalue weighted by Gasteiger charge is -2.33. The number of benzene rings is 1. The fraction of sp³-hybridized carbons (Fsp3) is 0.500. The molecule has 0 radical (unpaired) electrons. The van der Waals surface area contributed by atoms with Gasteiger partial charge in [0.1, 0.15) is 0 Å². The number of amides is 1. The standard InChI is InChI=1S/C14H16ClIN2O/c15-11-8-9(16)3-6-13(11)18-7-1-2-12(14(18)19)17-10-4-5-10/h3,6,8,10,12,17H,1-2,4-5,7H2. The molecule has 1 saturated heterocycles. The third-order valence-electron chi connectivity index (χ3n) is 3.65. The Balaban J connectivity index is 1.80. The van der Waals surface area contributed by atoms with Gasteiger partial charge in [-0.2, -0.15) is 0 Å². The molecule has 1 unspecified atom stereocenters. The molecule has 1 aliphatic heterocycles. The number of hydrogen-bond acceptors (Lipinski definition) is 2. The molecule has 2 aliphatic rings. The van der Waals surface area contributed by atoms with E-state index in [9.17, 15) is 4.79 Å². The normalized spacial score (nSPS) is 23.8. The molecule has 0 spiro atoms. The van der Waals surface area contributed by atoms with Crippen molar-refractivity contribution in [2.24, 2.45) is 0 Å². The molecular formula is C14H16ClIN2O. The number of piperidine rings is 1. The van der Waals surface area contributed by atoms with Gasteiger partial charge in [0, 0.05) is 16.2 Å². The first-order valence-electron chi connectivity index (χ1n) is 6.67. The molecule has 1 atom stereocenters. The number of carbonyl (C=O) groups is 1. The Labute approximate surface area is 131 Å². The van der Waals surface area contributed by atoms with Crippen molar-refractivity contribution in [3.05, 3.63) is 26.8 Å². The molecule has 0 bridgehead atoms. The molecule has 2 fully saturated rings. The summed E-state index contributed by atoms with van der Waals surface area (Å²) in [7, 11) is 0. The molecule has 102 valence electrons. The first-order valence-corrected chi connectivity index (χ1v) is 8.13. The average molecular weight is 391 g/mol. The Kier molecular flexibility index (Phi) is 4.01. The highest BCUT2D eigenvalue weighted by atomic mass is 127. The van der Waals surface area contributed by atoms with Crippen molar-refractivity contribution in [3.63, 3.8) is 0 Å². The van der Waals surface area contributed by atoms with Crippen LogP contribution in [0, 0.1) is 3.57 Å². The lowest BCUT2D eigenvalue weighted by Crippen LogP contribution is -2.51. The number of nitrogens with one attached hydrogen (secondary N) is 1. The number of halogens is 2. The second-order valence-electron chi connectivity index (χ2n) is 5.22. The lowest BCUT2D eigenvalue weighted by atomic mass is 10.0. The van der Waals surface area contributed by atoms with E-state index < -0.39 is 0 Å². The van der Waals surface area contributed by atoms with Crippen molar-refractivity contribution in [1.29, 1.82) is 0 Å². The summed E-state index contributed by atoms with van der Waals surface area (Å²) < 4.78 is 1.09. The van der Waals surface area contributed by atoms with E-state index >= 15 is 0 Å². The summed E-state index contributed by atoms with van der Waals surface area (Å²) >= 11 is 8.50. The fourth-order valence-electron chi connectivity index (χ4n) is 2.50. The topological polar surface area (TPSA) is 32.3 Å². The van der Waals surface area contributed by atoms with E-state index in [0.29, 0.717) is 11.1 Å². The molecule has 1 heterocycles. The Bertz CT molecular complexity index is 504. The number of nitrogens with zero attached hydrogens (tertiary/aromatic N) is 1. The van der Waals surface area contributed by atoms with Crippen LogP contribution < -0.4 is 10.2 Å². The average Bonchev–Trinajstić information content (AvgIpc) is 3.17. The van der Waals surface area contributed by atoms with E-state index in [2.05, 4.69) is 27.9 Å². The van der Waals surface area contributed by atoms with Crippen LogP contribution in [0.3, 0.4) is 0 Å². The molecule has 0 aromatic heterocycles. The van der Waals surface area contributed by atoms with Gasteiger partial charge in [0.05, 0.1) is 16.8 Å². The Morgan fingerprint density at radius 2 is 2.11 bits per heavy atom. The summed E-state index contributed by atoms with van der Waals surface area (Å²) in [6.07, 6.45) is 4.37. The maximum Gasteiger partial charge on any atom is 0.244 e. The molecule has 1 aromatic rings. The SMILES string of the molecule is O=C1C(NC2CC2)CCCN1c1ccc(I)cc1Cl. The molecule has 5 heteroatoms. The first-order chi connectivity index (χ1) is 9.15. The molecule has 19 heavy (non-hydrogen) atoms. The van der Waals surface area contributed by atoms with Crippen molar-refractivity contribution < 1.29 is 4.79 Å². The second kappa shape index (κ2) is 5.58. The molecule has 1 aromatic carbocycles. The summed E-state index contributed by atoms with van der Waals surface area (Å²) in [4.78, 5) is 14.4. The van der Waals surface area contributed by atoms with Crippen LogP contribution in [0.15, 0.2) is 18.2 Å². The van der Waals surface area contributed by atoms with Crippen molar-refractivity contribution >= 4 is 45.8 Å². The van der Waals surface area contributed by atoms with Gasteiger partial charge in [-0.15, -0.1) is 0 Å². The Morgan fingerprint density at radius 1 is 1.32 bits per heavy atom. The Hall–Kier alpha value is -0.330. The zero-order valence-electron chi connectivity index (χ0n) is 10.5. The second-order valence-corrected chi connectivity index (χ2v) is 6.87. The van der Waals surface area contributed by atoms with E-state index in [1.54, 1.807) is 0 Å². The van der Waals surface area contributed by atoms with Crippen LogP contribution in [0.1, 0.15) is 25.7 Å². The third kappa shape index (κ3) is 3.06. The fourth-order valence-corrected chi connectivity index (χ4v) is 3.46. The number of carbonyl (C=O) groups excluding carboxylic acids is 1. The van der Waals surface area contributed by atoms with Gasteiger partial charge >= 0.3 is 0 Å². The van der Waals surface area contributed by atoms with Gasteiger partial charge in [0.2, 0.25) is 5.91 Å². The quantitative estimate of drug-likeness (QED) is 0.804. The van der Waals surface area contributed by atoms with Crippen LogP contribution in [-0.2, 0) is 4.79 Å². The maximum atomic E-state index is 12.5. The molecule has 3 nitrogen and oxygen atoms in total. The van der Waals surface area contributed by atoms with Crippen molar-refractivity contribution in [2.45, 2.75) is 37.8 Å². The van der Waals surface area contributed by atoms with Crippen LogP contribution in [0.4, 0.5) is 5.69 Å². The number of hydrogen-bond donors (Lipinski definition) is 1. The number of rotatable bonds is 3. The number of anilines is 1. The molecule has 1 saturated carbocycles. The summed E-state index contributed by atoms with van der Waals surface area (Å²) in [5.74, 6) is 0.168.